The molecule has 0 atom stereocenters. The Morgan fingerprint density at radius 2 is 2.29 bits per heavy atom. The van der Waals surface area contributed by atoms with Gasteiger partial charge in [0.05, 0.1) is 6.26 Å². The fourth-order valence-electron chi connectivity index (χ4n) is 1.52. The third kappa shape index (κ3) is 1.62. The van der Waals surface area contributed by atoms with Gasteiger partial charge in [0.25, 0.3) is 0 Å². The van der Waals surface area contributed by atoms with Crippen LogP contribution in [0, 0.1) is 6.07 Å². The molecule has 0 aromatic heterocycles. The van der Waals surface area contributed by atoms with Crippen LogP contribution in [0.3, 0.4) is 0 Å². The van der Waals surface area contributed by atoms with E-state index < -0.39 is 0 Å². The summed E-state index contributed by atoms with van der Waals surface area (Å²) in [7, 11) is 0. The maximum atomic E-state index is 9.07. The van der Waals surface area contributed by atoms with E-state index in [0.717, 1.165) is 23.1 Å². The molecule has 69 valence electrons. The van der Waals surface area contributed by atoms with Crippen molar-refractivity contribution in [2.45, 2.75) is 6.42 Å². The van der Waals surface area contributed by atoms with Crippen LogP contribution in [0.1, 0.15) is 12.0 Å². The zero-order valence-electron chi connectivity index (χ0n) is 7.77. The average Bonchev–Trinajstić information content (AvgIpc) is 2.30. The second kappa shape index (κ2) is 3.97. The van der Waals surface area contributed by atoms with Gasteiger partial charge in [-0.3, -0.25) is 0 Å². The van der Waals surface area contributed by atoms with Gasteiger partial charge in [0.2, 0.25) is 0 Å². The number of aliphatic hydroxyl groups is 1. The molecular formula is C13H11O. The summed E-state index contributed by atoms with van der Waals surface area (Å²) in [5, 5.41) is 9.07. The van der Waals surface area contributed by atoms with Gasteiger partial charge in [-0.1, -0.05) is 42.5 Å². The van der Waals surface area contributed by atoms with E-state index in [-0.39, 0.29) is 0 Å². The van der Waals surface area contributed by atoms with Crippen molar-refractivity contribution in [3.8, 4) is 0 Å². The molecule has 0 saturated heterocycles. The lowest BCUT2D eigenvalue weighted by Crippen LogP contribution is -1.92. The maximum Gasteiger partial charge on any atom is 0.0833 e. The van der Waals surface area contributed by atoms with Crippen LogP contribution in [0.5, 0.6) is 0 Å². The third-order valence-electron chi connectivity index (χ3n) is 2.24. The monoisotopic (exact) mass is 183 g/mol. The van der Waals surface area contributed by atoms with Crippen molar-refractivity contribution < 1.29 is 5.11 Å². The molecule has 0 amide bonds. The zero-order valence-corrected chi connectivity index (χ0v) is 7.77. The maximum absolute atomic E-state index is 9.07. The molecule has 0 heterocycles. The van der Waals surface area contributed by atoms with Crippen molar-refractivity contribution in [3.05, 3.63) is 66.0 Å². The predicted molar refractivity (Wildman–Crippen MR) is 57.7 cm³/mol. The first kappa shape index (κ1) is 8.82. The van der Waals surface area contributed by atoms with Crippen LogP contribution in [-0.2, 0) is 0 Å². The molecule has 0 bridgehead atoms. The molecule has 1 nitrogen and oxygen atoms in total. The van der Waals surface area contributed by atoms with Crippen molar-refractivity contribution >= 4 is 5.57 Å². The molecule has 1 aliphatic carbocycles. The molecule has 1 radical (unpaired) electrons. The van der Waals surface area contributed by atoms with Crippen LogP contribution in [-0.4, -0.2) is 5.11 Å². The number of rotatable bonds is 1. The lowest BCUT2D eigenvalue weighted by molar-refractivity contribution is 0.468. The molecule has 1 heteroatoms. The van der Waals surface area contributed by atoms with Crippen molar-refractivity contribution in [3.63, 3.8) is 0 Å². The Morgan fingerprint density at radius 1 is 1.36 bits per heavy atom. The van der Waals surface area contributed by atoms with Gasteiger partial charge < -0.3 is 5.11 Å². The summed E-state index contributed by atoms with van der Waals surface area (Å²) in [5.41, 5.74) is 3.02. The highest BCUT2D eigenvalue weighted by atomic mass is 16.2. The van der Waals surface area contributed by atoms with Gasteiger partial charge >= 0.3 is 0 Å². The third-order valence-corrected chi connectivity index (χ3v) is 2.24. The fraction of sp³-hybridized carbons (Fsp3) is 0.0769. The molecule has 14 heavy (non-hydrogen) atoms. The first-order valence-electron chi connectivity index (χ1n) is 4.59. The van der Waals surface area contributed by atoms with Crippen molar-refractivity contribution in [1.29, 1.82) is 0 Å². The van der Waals surface area contributed by atoms with Crippen LogP contribution in [0.4, 0.5) is 0 Å². The summed E-state index contributed by atoms with van der Waals surface area (Å²) < 4.78 is 0. The summed E-state index contributed by atoms with van der Waals surface area (Å²) in [4.78, 5) is 0. The molecule has 2 rings (SSSR count). The Morgan fingerprint density at radius 3 is 3.00 bits per heavy atom. The Bertz CT molecular complexity index is 397. The minimum absolute atomic E-state index is 0.783. The molecule has 1 aliphatic rings. The van der Waals surface area contributed by atoms with Gasteiger partial charge in [-0.2, -0.15) is 0 Å². The summed E-state index contributed by atoms with van der Waals surface area (Å²) in [6, 6.07) is 10.9. The minimum Gasteiger partial charge on any atom is -0.515 e. The summed E-state index contributed by atoms with van der Waals surface area (Å²) in [6.45, 7) is 0. The van der Waals surface area contributed by atoms with E-state index in [2.05, 4.69) is 6.07 Å². The van der Waals surface area contributed by atoms with Gasteiger partial charge in [-0.15, -0.1) is 0 Å². The van der Waals surface area contributed by atoms with Crippen LogP contribution in [0.2, 0.25) is 0 Å². The summed E-state index contributed by atoms with van der Waals surface area (Å²) in [5.74, 6) is 0. The van der Waals surface area contributed by atoms with Crippen molar-refractivity contribution in [2.24, 2.45) is 0 Å². The highest BCUT2D eigenvalue weighted by Gasteiger charge is 2.08. The number of allylic oxidation sites excluding steroid dienone is 5. The van der Waals surface area contributed by atoms with Crippen molar-refractivity contribution in [2.75, 3.05) is 0 Å². The minimum atomic E-state index is 0.783. The number of hydrogen-bond donors (Lipinski definition) is 1. The van der Waals surface area contributed by atoms with E-state index in [1.807, 2.05) is 42.5 Å². The Balaban J connectivity index is 2.43. The molecule has 1 aromatic carbocycles. The van der Waals surface area contributed by atoms with Crippen LogP contribution in [0.15, 0.2) is 54.3 Å². The Kier molecular flexibility index (Phi) is 2.50. The number of aliphatic hydroxyl groups excluding tert-OH is 1. The normalized spacial score (nSPS) is 18.3. The van der Waals surface area contributed by atoms with Crippen LogP contribution in [0.25, 0.3) is 5.57 Å². The lowest BCUT2D eigenvalue weighted by Gasteiger charge is -2.11. The largest absolute Gasteiger partial charge is 0.515 e. The highest BCUT2D eigenvalue weighted by molar-refractivity contribution is 5.80. The molecule has 0 saturated carbocycles. The van der Waals surface area contributed by atoms with E-state index >= 15 is 0 Å². The predicted octanol–water partition coefficient (Wildman–Crippen LogP) is 3.27. The fourth-order valence-corrected chi connectivity index (χ4v) is 1.52. The smallest absolute Gasteiger partial charge is 0.0833 e. The van der Waals surface area contributed by atoms with Gasteiger partial charge in [-0.25, -0.2) is 0 Å². The van der Waals surface area contributed by atoms with Gasteiger partial charge in [-0.05, 0) is 29.2 Å². The molecular weight excluding hydrogens is 172 g/mol. The molecule has 0 spiro atoms. The van der Waals surface area contributed by atoms with Crippen LogP contribution < -0.4 is 0 Å². The van der Waals surface area contributed by atoms with Gasteiger partial charge in [0.15, 0.2) is 0 Å². The van der Waals surface area contributed by atoms with E-state index in [0.29, 0.717) is 0 Å². The highest BCUT2D eigenvalue weighted by Crippen LogP contribution is 2.27. The molecule has 0 unspecified atom stereocenters. The topological polar surface area (TPSA) is 20.2 Å². The van der Waals surface area contributed by atoms with E-state index in [1.165, 1.54) is 6.26 Å². The second-order valence-electron chi connectivity index (χ2n) is 3.14. The summed E-state index contributed by atoms with van der Waals surface area (Å²) >= 11 is 0. The van der Waals surface area contributed by atoms with E-state index in [9.17, 15) is 0 Å². The summed E-state index contributed by atoms with van der Waals surface area (Å²) in [6.07, 6.45) is 7.98. The molecule has 1 aromatic rings. The van der Waals surface area contributed by atoms with Gasteiger partial charge in [0, 0.05) is 0 Å². The lowest BCUT2D eigenvalue weighted by atomic mass is 9.93. The van der Waals surface area contributed by atoms with Gasteiger partial charge in [0.1, 0.15) is 0 Å². The molecule has 0 fully saturated rings. The van der Waals surface area contributed by atoms with E-state index in [1.54, 1.807) is 0 Å². The quantitative estimate of drug-likeness (QED) is 0.662. The van der Waals surface area contributed by atoms with E-state index in [4.69, 9.17) is 5.11 Å². The zero-order chi connectivity index (χ0) is 9.80. The number of benzene rings is 1. The Hall–Kier alpha value is -1.76. The standard InChI is InChI=1S/C13H11O/c14-10-12-8-4-5-9-13(12)11-6-2-1-3-7-11/h1-6,9-10,14H,8H2. The first-order chi connectivity index (χ1) is 6.92. The molecule has 0 aliphatic heterocycles. The number of hydrogen-bond acceptors (Lipinski definition) is 1. The first-order valence-corrected chi connectivity index (χ1v) is 4.59. The van der Waals surface area contributed by atoms with Crippen LogP contribution >= 0.6 is 0 Å². The SMILES string of the molecule is OC=C1CC=CC=C1c1[c]cccc1. The second-order valence-corrected chi connectivity index (χ2v) is 3.14. The van der Waals surface area contributed by atoms with Crippen molar-refractivity contribution in [1.82, 2.24) is 0 Å². The molecule has 1 N–H and O–H groups in total. The average molecular weight is 183 g/mol. The Labute approximate surface area is 83.7 Å².